The number of amides is 2. The molecule has 6 nitrogen and oxygen atoms in total. The standard InChI is InChI=1S/C19H26N4O2/c1-3-4-10-22(2)18(24)14-8-11-23(12-9-14)19(25)16-7-5-6-15-13-20-21-17(15)16/h5-7,13-14H,3-4,8-12H2,1-2H3,(H,20,21). The number of H-pyrrole nitrogens is 1. The number of rotatable bonds is 5. The number of para-hydroxylation sites is 1. The monoisotopic (exact) mass is 342 g/mol. The van der Waals surface area contributed by atoms with Gasteiger partial charge in [0.05, 0.1) is 17.3 Å². The van der Waals surface area contributed by atoms with E-state index >= 15 is 0 Å². The van der Waals surface area contributed by atoms with Gasteiger partial charge in [0.25, 0.3) is 5.91 Å². The lowest BCUT2D eigenvalue weighted by molar-refractivity contribution is -0.135. The first-order valence-corrected chi connectivity index (χ1v) is 9.08. The van der Waals surface area contributed by atoms with E-state index in [0.717, 1.165) is 43.1 Å². The number of carbonyl (C=O) groups is 2. The van der Waals surface area contributed by atoms with E-state index < -0.39 is 0 Å². The van der Waals surface area contributed by atoms with Gasteiger partial charge in [0.1, 0.15) is 0 Å². The summed E-state index contributed by atoms with van der Waals surface area (Å²) in [6.45, 7) is 4.20. The highest BCUT2D eigenvalue weighted by Crippen LogP contribution is 2.23. The van der Waals surface area contributed by atoms with Crippen LogP contribution in [-0.2, 0) is 4.79 Å². The van der Waals surface area contributed by atoms with E-state index in [1.807, 2.05) is 35.0 Å². The van der Waals surface area contributed by atoms with Crippen molar-refractivity contribution in [3.05, 3.63) is 30.0 Å². The number of benzene rings is 1. The number of carbonyl (C=O) groups excluding carboxylic acids is 2. The lowest BCUT2D eigenvalue weighted by Crippen LogP contribution is -2.43. The highest BCUT2D eigenvalue weighted by molar-refractivity contribution is 6.05. The predicted molar refractivity (Wildman–Crippen MR) is 97.3 cm³/mol. The third-order valence-corrected chi connectivity index (χ3v) is 5.06. The molecule has 1 N–H and O–H groups in total. The Morgan fingerprint density at radius 1 is 1.32 bits per heavy atom. The van der Waals surface area contributed by atoms with E-state index in [2.05, 4.69) is 17.1 Å². The fourth-order valence-corrected chi connectivity index (χ4v) is 3.46. The SMILES string of the molecule is CCCCN(C)C(=O)C1CCN(C(=O)c2cccc3cn[nH]c23)CC1. The molecular weight excluding hydrogens is 316 g/mol. The van der Waals surface area contributed by atoms with Crippen molar-refractivity contribution in [2.24, 2.45) is 5.92 Å². The number of unbranched alkanes of at least 4 members (excludes halogenated alkanes) is 1. The minimum atomic E-state index is 0.0140. The zero-order valence-corrected chi connectivity index (χ0v) is 15.0. The van der Waals surface area contributed by atoms with E-state index in [9.17, 15) is 9.59 Å². The zero-order chi connectivity index (χ0) is 17.8. The number of nitrogens with zero attached hydrogens (tertiary/aromatic N) is 3. The Morgan fingerprint density at radius 2 is 2.08 bits per heavy atom. The number of nitrogens with one attached hydrogen (secondary N) is 1. The molecule has 0 spiro atoms. The summed E-state index contributed by atoms with van der Waals surface area (Å²) in [6.07, 6.45) is 5.32. The van der Waals surface area contributed by atoms with Gasteiger partial charge in [-0.25, -0.2) is 0 Å². The van der Waals surface area contributed by atoms with Crippen LogP contribution in [0.15, 0.2) is 24.4 Å². The van der Waals surface area contributed by atoms with Crippen LogP contribution in [0.3, 0.4) is 0 Å². The summed E-state index contributed by atoms with van der Waals surface area (Å²) in [5.41, 5.74) is 1.44. The highest BCUT2D eigenvalue weighted by atomic mass is 16.2. The summed E-state index contributed by atoms with van der Waals surface area (Å²) in [7, 11) is 1.88. The molecule has 2 aromatic rings. The molecule has 134 valence electrons. The molecule has 3 rings (SSSR count). The maximum absolute atomic E-state index is 12.8. The van der Waals surface area contributed by atoms with Crippen LogP contribution in [0.25, 0.3) is 10.9 Å². The minimum Gasteiger partial charge on any atom is -0.346 e. The molecule has 0 saturated carbocycles. The van der Waals surface area contributed by atoms with Crippen molar-refractivity contribution in [2.75, 3.05) is 26.7 Å². The number of fused-ring (bicyclic) bond motifs is 1. The number of hydrogen-bond donors (Lipinski definition) is 1. The molecular formula is C19H26N4O2. The Bertz CT molecular complexity index is 747. The first-order chi connectivity index (χ1) is 12.1. The van der Waals surface area contributed by atoms with Gasteiger partial charge in [0, 0.05) is 38.0 Å². The minimum absolute atomic E-state index is 0.0140. The quantitative estimate of drug-likeness (QED) is 0.908. The average molecular weight is 342 g/mol. The van der Waals surface area contributed by atoms with Gasteiger partial charge in [0.2, 0.25) is 5.91 Å². The van der Waals surface area contributed by atoms with Crippen LogP contribution in [0, 0.1) is 5.92 Å². The molecule has 0 bridgehead atoms. The molecule has 25 heavy (non-hydrogen) atoms. The van der Waals surface area contributed by atoms with Crippen molar-refractivity contribution in [1.29, 1.82) is 0 Å². The van der Waals surface area contributed by atoms with Gasteiger partial charge in [-0.1, -0.05) is 25.5 Å². The highest BCUT2D eigenvalue weighted by Gasteiger charge is 2.29. The fourth-order valence-electron chi connectivity index (χ4n) is 3.46. The third-order valence-electron chi connectivity index (χ3n) is 5.06. The molecule has 1 aliphatic rings. The Balaban J connectivity index is 1.61. The summed E-state index contributed by atoms with van der Waals surface area (Å²) >= 11 is 0. The maximum atomic E-state index is 12.8. The van der Waals surface area contributed by atoms with Gasteiger partial charge >= 0.3 is 0 Å². The van der Waals surface area contributed by atoms with E-state index in [4.69, 9.17) is 0 Å². The van der Waals surface area contributed by atoms with Crippen molar-refractivity contribution < 1.29 is 9.59 Å². The smallest absolute Gasteiger partial charge is 0.256 e. The number of likely N-dealkylation sites (tertiary alicyclic amines) is 1. The average Bonchev–Trinajstić information content (AvgIpc) is 3.14. The molecule has 0 atom stereocenters. The van der Waals surface area contributed by atoms with Crippen molar-refractivity contribution >= 4 is 22.7 Å². The van der Waals surface area contributed by atoms with Gasteiger partial charge in [0.15, 0.2) is 0 Å². The number of hydrogen-bond acceptors (Lipinski definition) is 3. The Hall–Kier alpha value is -2.37. The molecule has 1 saturated heterocycles. The lowest BCUT2D eigenvalue weighted by Gasteiger charge is -2.33. The van der Waals surface area contributed by atoms with Crippen molar-refractivity contribution in [3.63, 3.8) is 0 Å². The van der Waals surface area contributed by atoms with Crippen LogP contribution in [0.5, 0.6) is 0 Å². The van der Waals surface area contributed by atoms with E-state index in [0.29, 0.717) is 18.7 Å². The van der Waals surface area contributed by atoms with Crippen LogP contribution in [0.4, 0.5) is 0 Å². The predicted octanol–water partition coefficient (Wildman–Crippen LogP) is 2.67. The number of aromatic amines is 1. The van der Waals surface area contributed by atoms with Crippen molar-refractivity contribution in [2.45, 2.75) is 32.6 Å². The Morgan fingerprint density at radius 3 is 2.80 bits per heavy atom. The zero-order valence-electron chi connectivity index (χ0n) is 15.0. The van der Waals surface area contributed by atoms with Crippen molar-refractivity contribution in [3.8, 4) is 0 Å². The van der Waals surface area contributed by atoms with Gasteiger partial charge in [-0.15, -0.1) is 0 Å². The molecule has 1 aromatic heterocycles. The van der Waals surface area contributed by atoms with Crippen LogP contribution < -0.4 is 0 Å². The first kappa shape index (κ1) is 17.5. The van der Waals surface area contributed by atoms with E-state index in [-0.39, 0.29) is 17.7 Å². The number of piperidine rings is 1. The normalized spacial score (nSPS) is 15.5. The summed E-state index contributed by atoms with van der Waals surface area (Å²) in [5, 5.41) is 7.87. The molecule has 6 heteroatoms. The summed E-state index contributed by atoms with van der Waals surface area (Å²) in [4.78, 5) is 29.0. The Kier molecular flexibility index (Phi) is 5.36. The van der Waals surface area contributed by atoms with Crippen LogP contribution in [-0.4, -0.2) is 58.5 Å². The molecule has 1 aliphatic heterocycles. The van der Waals surface area contributed by atoms with Crippen LogP contribution in [0.2, 0.25) is 0 Å². The van der Waals surface area contributed by atoms with Gasteiger partial charge < -0.3 is 9.80 Å². The second-order valence-corrected chi connectivity index (χ2v) is 6.82. The molecule has 2 heterocycles. The maximum Gasteiger partial charge on any atom is 0.256 e. The molecule has 1 fully saturated rings. The molecule has 0 unspecified atom stereocenters. The van der Waals surface area contributed by atoms with Crippen molar-refractivity contribution in [1.82, 2.24) is 20.0 Å². The largest absolute Gasteiger partial charge is 0.346 e. The van der Waals surface area contributed by atoms with Gasteiger partial charge in [-0.3, -0.25) is 14.7 Å². The van der Waals surface area contributed by atoms with E-state index in [1.54, 1.807) is 6.20 Å². The molecule has 2 amide bonds. The molecule has 1 aromatic carbocycles. The second kappa shape index (κ2) is 7.68. The third kappa shape index (κ3) is 3.67. The summed E-state index contributed by atoms with van der Waals surface area (Å²) < 4.78 is 0. The molecule has 0 aliphatic carbocycles. The lowest BCUT2D eigenvalue weighted by atomic mass is 9.94. The summed E-state index contributed by atoms with van der Waals surface area (Å²) in [5.74, 6) is 0.269. The van der Waals surface area contributed by atoms with E-state index in [1.165, 1.54) is 0 Å². The topological polar surface area (TPSA) is 69.3 Å². The van der Waals surface area contributed by atoms with Crippen LogP contribution >= 0.6 is 0 Å². The van der Waals surface area contributed by atoms with Crippen LogP contribution in [0.1, 0.15) is 43.0 Å². The van der Waals surface area contributed by atoms with Gasteiger partial charge in [-0.2, -0.15) is 5.10 Å². The second-order valence-electron chi connectivity index (χ2n) is 6.82. The fraction of sp³-hybridized carbons (Fsp3) is 0.526. The summed E-state index contributed by atoms with van der Waals surface area (Å²) in [6, 6.07) is 5.65. The number of aromatic nitrogens is 2. The van der Waals surface area contributed by atoms with Gasteiger partial charge in [-0.05, 0) is 25.3 Å². The first-order valence-electron chi connectivity index (χ1n) is 9.08. The molecule has 0 radical (unpaired) electrons. The Labute approximate surface area is 148 Å².